The average molecular weight is 316 g/mol. The first-order valence-electron chi connectivity index (χ1n) is 6.23. The molecule has 2 N–H and O–H groups in total. The first kappa shape index (κ1) is 17.4. The van der Waals surface area contributed by atoms with Gasteiger partial charge in [-0.25, -0.2) is 0 Å². The number of hydrogen-bond donors (Lipinski definition) is 2. The molecule has 0 spiro atoms. The number of nitrogens with zero attached hydrogens (tertiary/aromatic N) is 2. The zero-order valence-electron chi connectivity index (χ0n) is 12.1. The van der Waals surface area contributed by atoms with Crippen LogP contribution in [0.3, 0.4) is 0 Å². The van der Waals surface area contributed by atoms with Crippen molar-refractivity contribution in [1.29, 1.82) is 0 Å². The second-order valence-corrected chi connectivity index (χ2v) is 5.89. The van der Waals surface area contributed by atoms with Gasteiger partial charge < -0.3 is 10.4 Å². The van der Waals surface area contributed by atoms with Crippen LogP contribution in [0.25, 0.3) is 0 Å². The number of likely N-dealkylation sites (N-methyl/N-ethyl adjacent to an activating group) is 1. The minimum Gasteiger partial charge on any atom is -0.389 e. The molecule has 116 valence electrons. The lowest BCUT2D eigenvalue weighted by Crippen LogP contribution is -2.40. The minimum absolute atomic E-state index is 0.00629. The van der Waals surface area contributed by atoms with Gasteiger partial charge in [0.1, 0.15) is 5.69 Å². The van der Waals surface area contributed by atoms with E-state index in [-0.39, 0.29) is 24.5 Å². The fourth-order valence-corrected chi connectivity index (χ4v) is 2.09. The molecule has 0 bridgehead atoms. The summed E-state index contributed by atoms with van der Waals surface area (Å²) in [5.74, 6) is -0.424. The Labute approximate surface area is 127 Å². The van der Waals surface area contributed by atoms with E-state index in [2.05, 4.69) is 5.32 Å². The molecule has 0 saturated carbocycles. The largest absolute Gasteiger partial charge is 0.389 e. The Kier molecular flexibility index (Phi) is 5.65. The summed E-state index contributed by atoms with van der Waals surface area (Å²) < 4.78 is 0. The molecule has 8 heteroatoms. The van der Waals surface area contributed by atoms with Crippen molar-refractivity contribution in [1.82, 2.24) is 4.90 Å². The molecule has 0 atom stereocenters. The van der Waals surface area contributed by atoms with Crippen molar-refractivity contribution >= 4 is 28.9 Å². The Balaban J connectivity index is 2.75. The summed E-state index contributed by atoms with van der Waals surface area (Å²) in [7, 11) is 1.67. The molecule has 0 unspecified atom stereocenters. The van der Waals surface area contributed by atoms with E-state index in [1.165, 1.54) is 18.2 Å². The standard InChI is InChI=1S/C13H18ClN3O4/c1-13(2,19)8-16(3)7-12(18)15-10-6-9(14)4-5-11(10)17(20)21/h4-6,19H,7-8H2,1-3H3,(H,15,18). The fourth-order valence-electron chi connectivity index (χ4n) is 1.92. The molecule has 21 heavy (non-hydrogen) atoms. The number of hydrogen-bond acceptors (Lipinski definition) is 5. The summed E-state index contributed by atoms with van der Waals surface area (Å²) in [5.41, 5.74) is -1.11. The molecule has 0 fully saturated rings. The first-order chi connectivity index (χ1) is 9.58. The van der Waals surface area contributed by atoms with Crippen LogP contribution >= 0.6 is 11.6 Å². The smallest absolute Gasteiger partial charge is 0.292 e. The third-order valence-corrected chi connectivity index (χ3v) is 2.73. The van der Waals surface area contributed by atoms with Crippen molar-refractivity contribution in [2.24, 2.45) is 0 Å². The number of carbonyl (C=O) groups excluding carboxylic acids is 1. The molecule has 0 saturated heterocycles. The lowest BCUT2D eigenvalue weighted by molar-refractivity contribution is -0.383. The molecule has 0 heterocycles. The molecular weight excluding hydrogens is 298 g/mol. The maximum Gasteiger partial charge on any atom is 0.292 e. The molecule has 1 aromatic rings. The maximum absolute atomic E-state index is 11.9. The number of aliphatic hydroxyl groups is 1. The van der Waals surface area contributed by atoms with E-state index in [1.807, 2.05) is 0 Å². The summed E-state index contributed by atoms with van der Waals surface area (Å²) >= 11 is 5.78. The van der Waals surface area contributed by atoms with Gasteiger partial charge in [0.25, 0.3) is 5.69 Å². The van der Waals surface area contributed by atoms with Crippen molar-refractivity contribution in [2.45, 2.75) is 19.4 Å². The molecule has 1 amide bonds. The van der Waals surface area contributed by atoms with Gasteiger partial charge in [-0.2, -0.15) is 0 Å². The second kappa shape index (κ2) is 6.84. The highest BCUT2D eigenvalue weighted by molar-refractivity contribution is 6.31. The second-order valence-electron chi connectivity index (χ2n) is 5.45. The highest BCUT2D eigenvalue weighted by Gasteiger charge is 2.20. The lowest BCUT2D eigenvalue weighted by atomic mass is 10.1. The quantitative estimate of drug-likeness (QED) is 0.617. The van der Waals surface area contributed by atoms with Gasteiger partial charge in [0.15, 0.2) is 0 Å². The van der Waals surface area contributed by atoms with E-state index in [0.717, 1.165) is 0 Å². The predicted octanol–water partition coefficient (Wildman–Crippen LogP) is 1.89. The molecule has 0 radical (unpaired) electrons. The van der Waals surface area contributed by atoms with Gasteiger partial charge >= 0.3 is 0 Å². The van der Waals surface area contributed by atoms with Crippen LogP contribution in [0.15, 0.2) is 18.2 Å². The third-order valence-electron chi connectivity index (χ3n) is 2.50. The van der Waals surface area contributed by atoms with Crippen LogP contribution in [0, 0.1) is 10.1 Å². The van der Waals surface area contributed by atoms with Gasteiger partial charge in [-0.3, -0.25) is 19.8 Å². The summed E-state index contributed by atoms with van der Waals surface area (Å²) in [5, 5.41) is 23.3. The van der Waals surface area contributed by atoms with Crippen LogP contribution in [-0.4, -0.2) is 46.6 Å². The molecule has 0 aliphatic heterocycles. The van der Waals surface area contributed by atoms with E-state index >= 15 is 0 Å². The monoisotopic (exact) mass is 315 g/mol. The molecule has 0 aliphatic carbocycles. The lowest BCUT2D eigenvalue weighted by Gasteiger charge is -2.24. The van der Waals surface area contributed by atoms with Gasteiger partial charge in [-0.05, 0) is 33.0 Å². The Bertz CT molecular complexity index is 543. The number of nitro groups is 1. The van der Waals surface area contributed by atoms with Crippen LogP contribution in [0.4, 0.5) is 11.4 Å². The average Bonchev–Trinajstić information content (AvgIpc) is 2.24. The number of halogens is 1. The molecule has 0 aromatic heterocycles. The van der Waals surface area contributed by atoms with Crippen molar-refractivity contribution < 1.29 is 14.8 Å². The minimum atomic E-state index is -0.933. The normalized spacial score (nSPS) is 11.5. The van der Waals surface area contributed by atoms with Gasteiger partial charge in [-0.15, -0.1) is 0 Å². The number of nitrogens with one attached hydrogen (secondary N) is 1. The van der Waals surface area contributed by atoms with Crippen molar-refractivity contribution in [3.8, 4) is 0 Å². The van der Waals surface area contributed by atoms with Crippen molar-refractivity contribution in [3.05, 3.63) is 33.3 Å². The number of carbonyl (C=O) groups is 1. The molecule has 1 aromatic carbocycles. The number of anilines is 1. The number of nitro benzene ring substituents is 1. The molecule has 1 rings (SSSR count). The Morgan fingerprint density at radius 3 is 2.67 bits per heavy atom. The van der Waals surface area contributed by atoms with Gasteiger partial charge in [0.05, 0.1) is 17.1 Å². The zero-order valence-corrected chi connectivity index (χ0v) is 12.8. The van der Waals surface area contributed by atoms with E-state index in [4.69, 9.17) is 11.6 Å². The Hall–Kier alpha value is -1.70. The van der Waals surface area contributed by atoms with Gasteiger partial charge in [-0.1, -0.05) is 11.6 Å². The Morgan fingerprint density at radius 1 is 1.52 bits per heavy atom. The van der Waals surface area contributed by atoms with Crippen LogP contribution in [-0.2, 0) is 4.79 Å². The third kappa shape index (κ3) is 6.07. The molecule has 7 nitrogen and oxygen atoms in total. The summed E-state index contributed by atoms with van der Waals surface area (Å²) in [4.78, 5) is 23.8. The predicted molar refractivity (Wildman–Crippen MR) is 80.5 cm³/mol. The SMILES string of the molecule is CN(CC(=O)Nc1cc(Cl)ccc1[N+](=O)[O-])CC(C)(C)O. The summed E-state index contributed by atoms with van der Waals surface area (Å²) in [6.07, 6.45) is 0. The zero-order chi connectivity index (χ0) is 16.2. The number of benzene rings is 1. The van der Waals surface area contributed by atoms with Crippen LogP contribution in [0.5, 0.6) is 0 Å². The molecular formula is C13H18ClN3O4. The van der Waals surface area contributed by atoms with Crippen LogP contribution < -0.4 is 5.32 Å². The van der Waals surface area contributed by atoms with Crippen molar-refractivity contribution in [3.63, 3.8) is 0 Å². The van der Waals surface area contributed by atoms with Gasteiger partial charge in [0.2, 0.25) is 5.91 Å². The first-order valence-corrected chi connectivity index (χ1v) is 6.61. The van der Waals surface area contributed by atoms with Crippen LogP contribution in [0.2, 0.25) is 5.02 Å². The van der Waals surface area contributed by atoms with E-state index in [1.54, 1.807) is 25.8 Å². The maximum atomic E-state index is 11.9. The fraction of sp³-hybridized carbons (Fsp3) is 0.462. The van der Waals surface area contributed by atoms with E-state index in [0.29, 0.717) is 5.02 Å². The van der Waals surface area contributed by atoms with E-state index in [9.17, 15) is 20.0 Å². The number of rotatable bonds is 6. The van der Waals surface area contributed by atoms with Gasteiger partial charge in [0, 0.05) is 17.6 Å². The highest BCUT2D eigenvalue weighted by Crippen LogP contribution is 2.27. The molecule has 0 aliphatic rings. The van der Waals surface area contributed by atoms with E-state index < -0.39 is 16.4 Å². The summed E-state index contributed by atoms with van der Waals surface area (Å²) in [6, 6.07) is 3.95. The van der Waals surface area contributed by atoms with Crippen molar-refractivity contribution in [2.75, 3.05) is 25.5 Å². The summed E-state index contributed by atoms with van der Waals surface area (Å²) in [6.45, 7) is 3.54. The Morgan fingerprint density at radius 2 is 2.14 bits per heavy atom. The van der Waals surface area contributed by atoms with Crippen LogP contribution in [0.1, 0.15) is 13.8 Å². The number of amides is 1. The highest BCUT2D eigenvalue weighted by atomic mass is 35.5. The topological polar surface area (TPSA) is 95.7 Å².